The van der Waals surface area contributed by atoms with Crippen LogP contribution in [0.3, 0.4) is 0 Å². The summed E-state index contributed by atoms with van der Waals surface area (Å²) in [7, 11) is 0. The van der Waals surface area contributed by atoms with E-state index < -0.39 is 6.67 Å². The second-order valence-corrected chi connectivity index (χ2v) is 8.12. The lowest BCUT2D eigenvalue weighted by molar-refractivity contribution is 0.329. The van der Waals surface area contributed by atoms with E-state index in [1.54, 1.807) is 0 Å². The van der Waals surface area contributed by atoms with Gasteiger partial charge in [-0.1, -0.05) is 93.0 Å². The highest BCUT2D eigenvalue weighted by molar-refractivity contribution is 5.38. The maximum Gasteiger partial charge on any atom is 0.132 e. The van der Waals surface area contributed by atoms with E-state index >= 15 is 0 Å². The largest absolute Gasteiger partial charge is 0.266 e. The molecule has 1 rings (SSSR count). The predicted molar refractivity (Wildman–Crippen MR) is 132 cm³/mol. The molecule has 2 heteroatoms. The molecule has 0 bridgehead atoms. The van der Waals surface area contributed by atoms with Gasteiger partial charge in [-0.25, -0.2) is 4.39 Å². The summed E-state index contributed by atoms with van der Waals surface area (Å²) in [6, 6.07) is 10.8. The van der Waals surface area contributed by atoms with Crippen molar-refractivity contribution in [3.05, 3.63) is 82.6 Å². The van der Waals surface area contributed by atoms with Gasteiger partial charge in [0.1, 0.15) is 6.67 Å². The highest BCUT2D eigenvalue weighted by atomic mass is 19.1. The van der Waals surface area contributed by atoms with E-state index in [2.05, 4.69) is 88.8 Å². The Bertz CT molecular complexity index is 767. The number of hydrogen-bond acceptors (Lipinski definition) is 1. The van der Waals surface area contributed by atoms with E-state index in [0.29, 0.717) is 12.1 Å². The highest BCUT2D eigenvalue weighted by Gasteiger charge is 2.25. The lowest BCUT2D eigenvalue weighted by Crippen LogP contribution is -2.21. The first-order valence-electron chi connectivity index (χ1n) is 11.3. The van der Waals surface area contributed by atoms with Gasteiger partial charge in [-0.15, -0.1) is 0 Å². The van der Waals surface area contributed by atoms with Gasteiger partial charge in [-0.05, 0) is 69.2 Å². The maximum absolute atomic E-state index is 13.3. The average Bonchev–Trinajstić information content (AvgIpc) is 2.76. The number of allylic oxidation sites excluding steroid dienone is 8. The summed E-state index contributed by atoms with van der Waals surface area (Å²) in [6.07, 6.45) is 14.8. The molecule has 0 N–H and O–H groups in total. The van der Waals surface area contributed by atoms with Crippen molar-refractivity contribution >= 4 is 6.72 Å². The Morgan fingerprint density at radius 2 is 1.80 bits per heavy atom. The number of benzene rings is 1. The monoisotopic (exact) mass is 409 g/mol. The third kappa shape index (κ3) is 8.26. The fourth-order valence-corrected chi connectivity index (χ4v) is 3.88. The molecule has 164 valence electrons. The van der Waals surface area contributed by atoms with Crippen LogP contribution < -0.4 is 0 Å². The summed E-state index contributed by atoms with van der Waals surface area (Å²) in [5, 5.41) is 0. The molecule has 0 radical (unpaired) electrons. The second kappa shape index (κ2) is 13.9. The SMILES string of the molecule is C=N/C(CF)=C(/C=C\CC)C/C=C(C)/C(C)=C/C(CC)(CCC)Cc1ccccc1. The first-order chi connectivity index (χ1) is 14.4. The number of alkyl halides is 1. The standard InChI is InChI=1S/C28H40FN/c1-7-10-16-26(27(22-29)30-6)18-17-23(4)24(5)20-28(9-3,19-8-2)21-25-14-12-11-13-15-25/h10-17,20H,6-9,18-19,21-22H2,1-5H3/b16-10-,23-17+,24-20+,27-26-. The van der Waals surface area contributed by atoms with Crippen molar-refractivity contribution in [1.29, 1.82) is 0 Å². The van der Waals surface area contributed by atoms with Crippen molar-refractivity contribution in [1.82, 2.24) is 0 Å². The van der Waals surface area contributed by atoms with E-state index in [0.717, 1.165) is 31.3 Å². The first-order valence-corrected chi connectivity index (χ1v) is 11.3. The molecule has 30 heavy (non-hydrogen) atoms. The van der Waals surface area contributed by atoms with Crippen molar-refractivity contribution in [3.8, 4) is 0 Å². The number of halogens is 1. The summed E-state index contributed by atoms with van der Waals surface area (Å²) in [5.74, 6) is 0. The van der Waals surface area contributed by atoms with Gasteiger partial charge >= 0.3 is 0 Å². The van der Waals surface area contributed by atoms with Crippen LogP contribution in [0.25, 0.3) is 0 Å². The normalized spacial score (nSPS) is 15.8. The fourth-order valence-electron chi connectivity index (χ4n) is 3.88. The summed E-state index contributed by atoms with van der Waals surface area (Å²) in [5.41, 5.74) is 5.42. The number of hydrogen-bond donors (Lipinski definition) is 0. The Labute approximate surface area is 184 Å². The van der Waals surface area contributed by atoms with E-state index in [9.17, 15) is 4.39 Å². The van der Waals surface area contributed by atoms with Crippen molar-refractivity contribution in [2.45, 2.75) is 73.1 Å². The van der Waals surface area contributed by atoms with Crippen LogP contribution in [0.4, 0.5) is 4.39 Å². The molecule has 1 unspecified atom stereocenters. The molecule has 1 atom stereocenters. The third-order valence-electron chi connectivity index (χ3n) is 5.87. The molecule has 0 fully saturated rings. The van der Waals surface area contributed by atoms with Crippen LogP contribution in [-0.2, 0) is 6.42 Å². The number of aliphatic imine (C=N–C) groups is 1. The molecule has 0 saturated heterocycles. The van der Waals surface area contributed by atoms with E-state index in [4.69, 9.17) is 0 Å². The number of rotatable bonds is 13. The molecular weight excluding hydrogens is 369 g/mol. The van der Waals surface area contributed by atoms with Crippen molar-refractivity contribution in [2.24, 2.45) is 10.4 Å². The molecular formula is C28H40FN. The zero-order valence-electron chi connectivity index (χ0n) is 19.7. The first kappa shape index (κ1) is 25.8. The Balaban J connectivity index is 3.17. The zero-order chi connectivity index (χ0) is 22.4. The van der Waals surface area contributed by atoms with Gasteiger partial charge in [-0.3, -0.25) is 4.99 Å². The molecule has 0 aliphatic carbocycles. The Hall–Kier alpha value is -2.22. The molecule has 1 aromatic carbocycles. The Kier molecular flexibility index (Phi) is 12.0. The van der Waals surface area contributed by atoms with Crippen LogP contribution in [0.5, 0.6) is 0 Å². The molecule has 0 heterocycles. The summed E-state index contributed by atoms with van der Waals surface area (Å²) >= 11 is 0. The van der Waals surface area contributed by atoms with Gasteiger partial charge in [-0.2, -0.15) is 0 Å². The lowest BCUT2D eigenvalue weighted by atomic mass is 9.74. The molecule has 0 saturated carbocycles. The van der Waals surface area contributed by atoms with Gasteiger partial charge in [0, 0.05) is 0 Å². The molecule has 0 aliphatic rings. The number of nitrogens with zero attached hydrogens (tertiary/aromatic N) is 1. The quantitative estimate of drug-likeness (QED) is 0.228. The average molecular weight is 410 g/mol. The predicted octanol–water partition coefficient (Wildman–Crippen LogP) is 8.60. The topological polar surface area (TPSA) is 12.4 Å². The van der Waals surface area contributed by atoms with Crippen LogP contribution in [0.2, 0.25) is 0 Å². The molecule has 0 aliphatic heterocycles. The van der Waals surface area contributed by atoms with Crippen LogP contribution in [0, 0.1) is 5.41 Å². The van der Waals surface area contributed by atoms with Gasteiger partial charge in [0.15, 0.2) is 0 Å². The van der Waals surface area contributed by atoms with Gasteiger partial charge in [0.25, 0.3) is 0 Å². The minimum absolute atomic E-state index is 0.156. The smallest absolute Gasteiger partial charge is 0.132 e. The van der Waals surface area contributed by atoms with Crippen LogP contribution in [0.1, 0.15) is 72.3 Å². The van der Waals surface area contributed by atoms with Crippen molar-refractivity contribution in [3.63, 3.8) is 0 Å². The van der Waals surface area contributed by atoms with E-state index in [-0.39, 0.29) is 5.41 Å². The zero-order valence-corrected chi connectivity index (χ0v) is 19.7. The van der Waals surface area contributed by atoms with E-state index in [1.807, 2.05) is 12.2 Å². The molecule has 0 spiro atoms. The third-order valence-corrected chi connectivity index (χ3v) is 5.87. The van der Waals surface area contributed by atoms with Crippen LogP contribution in [-0.4, -0.2) is 13.4 Å². The van der Waals surface area contributed by atoms with Crippen LogP contribution in [0.15, 0.2) is 82.0 Å². The lowest BCUT2D eigenvalue weighted by Gasteiger charge is -2.31. The Morgan fingerprint density at radius 1 is 1.10 bits per heavy atom. The maximum atomic E-state index is 13.3. The molecule has 0 amide bonds. The van der Waals surface area contributed by atoms with Crippen LogP contribution >= 0.6 is 0 Å². The second-order valence-electron chi connectivity index (χ2n) is 8.12. The van der Waals surface area contributed by atoms with Gasteiger partial charge in [0.2, 0.25) is 0 Å². The fraction of sp³-hybridized carbons (Fsp3) is 0.464. The van der Waals surface area contributed by atoms with Crippen molar-refractivity contribution in [2.75, 3.05) is 6.67 Å². The van der Waals surface area contributed by atoms with E-state index in [1.165, 1.54) is 23.1 Å². The molecule has 0 aromatic heterocycles. The summed E-state index contributed by atoms with van der Waals surface area (Å²) in [4.78, 5) is 3.89. The summed E-state index contributed by atoms with van der Waals surface area (Å²) in [6.45, 7) is 13.9. The molecule has 1 nitrogen and oxygen atoms in total. The molecule has 1 aromatic rings. The van der Waals surface area contributed by atoms with Crippen molar-refractivity contribution < 1.29 is 4.39 Å². The van der Waals surface area contributed by atoms with Gasteiger partial charge < -0.3 is 0 Å². The minimum Gasteiger partial charge on any atom is -0.266 e. The minimum atomic E-state index is -0.582. The summed E-state index contributed by atoms with van der Waals surface area (Å²) < 4.78 is 13.3. The highest BCUT2D eigenvalue weighted by Crippen LogP contribution is 2.36. The Morgan fingerprint density at radius 3 is 2.33 bits per heavy atom. The van der Waals surface area contributed by atoms with Gasteiger partial charge in [0.05, 0.1) is 5.70 Å².